The maximum absolute atomic E-state index is 4.79. The molecule has 17 heavy (non-hydrogen) atoms. The molecule has 1 aliphatic heterocycles. The van der Waals surface area contributed by atoms with E-state index in [1.54, 1.807) is 0 Å². The van der Waals surface area contributed by atoms with Gasteiger partial charge in [0.1, 0.15) is 5.84 Å². The van der Waals surface area contributed by atoms with Crippen molar-refractivity contribution in [2.45, 2.75) is 45.7 Å². The monoisotopic (exact) mass is 230 g/mol. The van der Waals surface area contributed by atoms with Gasteiger partial charge in [0.25, 0.3) is 0 Å². The normalized spacial score (nSPS) is 22.4. The van der Waals surface area contributed by atoms with Gasteiger partial charge in [0.2, 0.25) is 0 Å². The van der Waals surface area contributed by atoms with E-state index in [0.29, 0.717) is 18.0 Å². The molecule has 0 aliphatic carbocycles. The highest BCUT2D eigenvalue weighted by atomic mass is 15.3. The number of aliphatic imine (C=N–C) groups is 1. The Labute approximate surface area is 104 Å². The summed E-state index contributed by atoms with van der Waals surface area (Å²) in [7, 11) is 0. The molecule has 0 spiro atoms. The van der Waals surface area contributed by atoms with Crippen LogP contribution in [0.15, 0.2) is 35.3 Å². The SMILES string of the molecule is CC(C)N=C1[C@@H](c2ccccc2)CN1C(C)C. The summed E-state index contributed by atoms with van der Waals surface area (Å²) in [5, 5.41) is 0. The van der Waals surface area contributed by atoms with Gasteiger partial charge in [-0.25, -0.2) is 0 Å². The summed E-state index contributed by atoms with van der Waals surface area (Å²) >= 11 is 0. The molecule has 2 rings (SSSR count). The molecular formula is C15H22N2. The van der Waals surface area contributed by atoms with Crippen LogP contribution in [0.5, 0.6) is 0 Å². The Morgan fingerprint density at radius 1 is 1.12 bits per heavy atom. The predicted octanol–water partition coefficient (Wildman–Crippen LogP) is 3.30. The average Bonchev–Trinajstić information content (AvgIpc) is 2.25. The van der Waals surface area contributed by atoms with Crippen molar-refractivity contribution < 1.29 is 0 Å². The maximum atomic E-state index is 4.79. The molecule has 0 amide bonds. The Balaban J connectivity index is 2.21. The zero-order valence-corrected chi connectivity index (χ0v) is 11.2. The first-order valence-corrected chi connectivity index (χ1v) is 6.49. The lowest BCUT2D eigenvalue weighted by Crippen LogP contribution is -2.54. The molecule has 1 fully saturated rings. The summed E-state index contributed by atoms with van der Waals surface area (Å²) in [5.41, 5.74) is 1.39. The van der Waals surface area contributed by atoms with E-state index < -0.39 is 0 Å². The standard InChI is InChI=1S/C15H22N2/c1-11(2)16-15-14(10-17(15)12(3)4)13-8-6-5-7-9-13/h5-9,11-12,14H,10H2,1-4H3/t14-/m1/s1. The van der Waals surface area contributed by atoms with Crippen LogP contribution in [-0.4, -0.2) is 29.4 Å². The Kier molecular flexibility index (Phi) is 3.51. The molecule has 1 heterocycles. The minimum absolute atomic E-state index is 0.373. The van der Waals surface area contributed by atoms with E-state index in [0.717, 1.165) is 6.54 Å². The molecule has 2 heteroatoms. The van der Waals surface area contributed by atoms with Gasteiger partial charge >= 0.3 is 0 Å². The zero-order chi connectivity index (χ0) is 12.4. The van der Waals surface area contributed by atoms with Crippen molar-refractivity contribution in [1.29, 1.82) is 0 Å². The first kappa shape index (κ1) is 12.2. The lowest BCUT2D eigenvalue weighted by molar-refractivity contribution is 0.272. The maximum Gasteiger partial charge on any atom is 0.109 e. The molecule has 1 aliphatic rings. The molecule has 0 saturated carbocycles. The fourth-order valence-electron chi connectivity index (χ4n) is 2.30. The molecule has 1 atom stereocenters. The number of benzene rings is 1. The Morgan fingerprint density at radius 3 is 2.29 bits per heavy atom. The van der Waals surface area contributed by atoms with Gasteiger partial charge in [-0.05, 0) is 33.3 Å². The van der Waals surface area contributed by atoms with E-state index in [1.165, 1.54) is 11.4 Å². The smallest absolute Gasteiger partial charge is 0.109 e. The van der Waals surface area contributed by atoms with Crippen LogP contribution >= 0.6 is 0 Å². The minimum Gasteiger partial charge on any atom is -0.356 e. The fraction of sp³-hybridized carbons (Fsp3) is 0.533. The number of likely N-dealkylation sites (tertiary alicyclic amines) is 1. The van der Waals surface area contributed by atoms with Crippen LogP contribution in [0.25, 0.3) is 0 Å². The molecule has 1 aromatic rings. The van der Waals surface area contributed by atoms with Gasteiger partial charge in [0, 0.05) is 18.6 Å². The lowest BCUT2D eigenvalue weighted by Gasteiger charge is -2.45. The third kappa shape index (κ3) is 2.51. The van der Waals surface area contributed by atoms with Gasteiger partial charge in [-0.3, -0.25) is 4.99 Å². The molecule has 0 bridgehead atoms. The Morgan fingerprint density at radius 2 is 1.76 bits per heavy atom. The van der Waals surface area contributed by atoms with Gasteiger partial charge in [-0.2, -0.15) is 0 Å². The van der Waals surface area contributed by atoms with Crippen molar-refractivity contribution in [1.82, 2.24) is 4.90 Å². The third-order valence-corrected chi connectivity index (χ3v) is 3.20. The summed E-state index contributed by atoms with van der Waals surface area (Å²) in [5.74, 6) is 1.77. The van der Waals surface area contributed by atoms with Crippen LogP contribution in [0, 0.1) is 0 Å². The molecule has 2 nitrogen and oxygen atoms in total. The van der Waals surface area contributed by atoms with Gasteiger partial charge < -0.3 is 4.90 Å². The Hall–Kier alpha value is -1.31. The molecule has 1 saturated heterocycles. The first-order valence-electron chi connectivity index (χ1n) is 6.49. The van der Waals surface area contributed by atoms with Crippen molar-refractivity contribution in [3.63, 3.8) is 0 Å². The highest BCUT2D eigenvalue weighted by molar-refractivity contribution is 5.95. The molecule has 0 radical (unpaired) electrons. The third-order valence-electron chi connectivity index (χ3n) is 3.20. The van der Waals surface area contributed by atoms with E-state index in [-0.39, 0.29) is 0 Å². The van der Waals surface area contributed by atoms with Crippen LogP contribution in [-0.2, 0) is 0 Å². The van der Waals surface area contributed by atoms with Gasteiger partial charge in [-0.1, -0.05) is 30.3 Å². The molecule has 0 unspecified atom stereocenters. The zero-order valence-electron chi connectivity index (χ0n) is 11.2. The largest absolute Gasteiger partial charge is 0.356 e. The van der Waals surface area contributed by atoms with Gasteiger partial charge in [-0.15, -0.1) is 0 Å². The van der Waals surface area contributed by atoms with E-state index in [2.05, 4.69) is 62.9 Å². The van der Waals surface area contributed by atoms with E-state index in [9.17, 15) is 0 Å². The van der Waals surface area contributed by atoms with E-state index in [4.69, 9.17) is 4.99 Å². The second kappa shape index (κ2) is 4.91. The molecule has 0 aromatic heterocycles. The molecule has 1 aromatic carbocycles. The topological polar surface area (TPSA) is 15.6 Å². The Bertz CT molecular complexity index is 393. The average molecular weight is 230 g/mol. The summed E-state index contributed by atoms with van der Waals surface area (Å²) in [6.07, 6.45) is 0. The molecule has 92 valence electrons. The summed E-state index contributed by atoms with van der Waals surface area (Å²) < 4.78 is 0. The van der Waals surface area contributed by atoms with Crippen LogP contribution in [0.1, 0.15) is 39.2 Å². The van der Waals surface area contributed by atoms with Crippen LogP contribution < -0.4 is 0 Å². The highest BCUT2D eigenvalue weighted by Gasteiger charge is 2.36. The number of hydrogen-bond acceptors (Lipinski definition) is 1. The second-order valence-electron chi connectivity index (χ2n) is 5.29. The fourth-order valence-corrected chi connectivity index (χ4v) is 2.30. The van der Waals surface area contributed by atoms with Crippen LogP contribution in [0.2, 0.25) is 0 Å². The number of hydrogen-bond donors (Lipinski definition) is 0. The van der Waals surface area contributed by atoms with Gasteiger partial charge in [0.05, 0.1) is 5.92 Å². The lowest BCUT2D eigenvalue weighted by atomic mass is 9.88. The van der Waals surface area contributed by atoms with Crippen molar-refractivity contribution >= 4 is 5.84 Å². The number of amidine groups is 1. The second-order valence-corrected chi connectivity index (χ2v) is 5.29. The number of rotatable bonds is 3. The summed E-state index contributed by atoms with van der Waals surface area (Å²) in [6.45, 7) is 9.86. The molecular weight excluding hydrogens is 208 g/mol. The van der Waals surface area contributed by atoms with Crippen molar-refractivity contribution in [2.75, 3.05) is 6.54 Å². The van der Waals surface area contributed by atoms with Crippen LogP contribution in [0.4, 0.5) is 0 Å². The molecule has 0 N–H and O–H groups in total. The quantitative estimate of drug-likeness (QED) is 0.778. The highest BCUT2D eigenvalue weighted by Crippen LogP contribution is 2.31. The minimum atomic E-state index is 0.373. The van der Waals surface area contributed by atoms with E-state index in [1.807, 2.05) is 0 Å². The van der Waals surface area contributed by atoms with Crippen molar-refractivity contribution in [3.8, 4) is 0 Å². The summed E-state index contributed by atoms with van der Waals surface area (Å²) in [6, 6.07) is 11.6. The van der Waals surface area contributed by atoms with Crippen molar-refractivity contribution in [3.05, 3.63) is 35.9 Å². The summed E-state index contributed by atoms with van der Waals surface area (Å²) in [4.78, 5) is 7.19. The first-order chi connectivity index (χ1) is 8.09. The van der Waals surface area contributed by atoms with Gasteiger partial charge in [0.15, 0.2) is 0 Å². The van der Waals surface area contributed by atoms with Crippen LogP contribution in [0.3, 0.4) is 0 Å². The van der Waals surface area contributed by atoms with Crippen molar-refractivity contribution in [2.24, 2.45) is 4.99 Å². The van der Waals surface area contributed by atoms with E-state index >= 15 is 0 Å². The predicted molar refractivity (Wildman–Crippen MR) is 73.6 cm³/mol. The number of nitrogens with zero attached hydrogens (tertiary/aromatic N) is 2.